The Bertz CT molecular complexity index is 2930. The number of aliphatic imine (C=N–C) groups is 2. The van der Waals surface area contributed by atoms with Crippen LogP contribution in [0, 0.1) is 0 Å². The molecular formula is C45H28B7N5O. The van der Waals surface area contributed by atoms with Crippen LogP contribution in [0.15, 0.2) is 153 Å². The summed E-state index contributed by atoms with van der Waals surface area (Å²) in [6.45, 7) is 0.221. The molecule has 1 aromatic heterocycles. The topological polar surface area (TPSA) is 68.1 Å². The monoisotopic (exact) mass is 731 g/mol. The number of amidine groups is 2. The zero-order valence-corrected chi connectivity index (χ0v) is 31.4. The Balaban J connectivity index is 1.19. The summed E-state index contributed by atoms with van der Waals surface area (Å²) >= 11 is 0. The summed E-state index contributed by atoms with van der Waals surface area (Å²) in [7, 11) is 47.0. The Hall–Kier alpha value is -5.95. The highest BCUT2D eigenvalue weighted by Crippen LogP contribution is 2.56. The van der Waals surface area contributed by atoms with Crippen LogP contribution < -0.4 is 37.2 Å². The third-order valence-electron chi connectivity index (χ3n) is 11.8. The fraction of sp³-hybridized carbons (Fsp3) is 0.111. The molecule has 6 aromatic rings. The molecule has 0 saturated heterocycles. The number of nitrogens with zero attached hydrogens (tertiary/aromatic N) is 4. The van der Waals surface area contributed by atoms with Crippen LogP contribution in [0.25, 0.3) is 21.8 Å². The first-order valence-corrected chi connectivity index (χ1v) is 19.0. The van der Waals surface area contributed by atoms with Crippen molar-refractivity contribution in [3.63, 3.8) is 0 Å². The molecule has 3 unspecified atom stereocenters. The minimum Gasteiger partial charge on any atom is -0.486 e. The lowest BCUT2D eigenvalue weighted by atomic mass is 9.57. The number of hydrogen-bond donors (Lipinski definition) is 1. The summed E-state index contributed by atoms with van der Waals surface area (Å²) in [4.78, 5) is 12.3. The molecule has 2 aliphatic heterocycles. The molecule has 2 N–H and O–H groups in total. The summed E-state index contributed by atoms with van der Waals surface area (Å²) in [5, 5.41) is 2.10. The van der Waals surface area contributed by atoms with Crippen molar-refractivity contribution >= 4 is 116 Å². The molecule has 0 saturated carbocycles. The third-order valence-corrected chi connectivity index (χ3v) is 11.8. The minimum absolute atomic E-state index is 0.00846. The van der Waals surface area contributed by atoms with E-state index in [4.69, 9.17) is 75.4 Å². The van der Waals surface area contributed by atoms with Gasteiger partial charge in [-0.25, -0.2) is 9.98 Å². The lowest BCUT2D eigenvalue weighted by molar-refractivity contribution is 0.262. The second-order valence-corrected chi connectivity index (χ2v) is 14.9. The molecule has 4 aliphatic rings. The van der Waals surface area contributed by atoms with E-state index in [1.54, 1.807) is 0 Å². The van der Waals surface area contributed by atoms with E-state index >= 15 is 0 Å². The zero-order chi connectivity index (χ0) is 40.0. The Kier molecular flexibility index (Phi) is 8.70. The standard InChI is InChI=1S/C45H28B7N5O/c46-32-30-31-33(47)36(50)41(38(52)43(31)58-42(30)37(51)35(49)34(32)48)57-29-18-10-8-16-25(29)27-20-19-26-24-15-7-9-17-28(24)56(39(26)40(27)57)21-54-45(23-13-5-2-6-14-23)55-44(53)22-11-3-1-4-12-22/h1-15,17-20,25,31,43H,16,21H2,(H2,53,54,55). The van der Waals surface area contributed by atoms with E-state index in [-0.39, 0.29) is 34.4 Å². The quantitative estimate of drug-likeness (QED) is 0.169. The van der Waals surface area contributed by atoms with Crippen LogP contribution in [0.3, 0.4) is 0 Å². The first-order valence-electron chi connectivity index (χ1n) is 19.0. The number of allylic oxidation sites excluding steroid dienone is 5. The van der Waals surface area contributed by atoms with Gasteiger partial charge in [-0.2, -0.15) is 0 Å². The molecule has 10 rings (SSSR count). The number of aromatic nitrogens is 1. The Labute approximate surface area is 346 Å². The smallest absolute Gasteiger partial charge is 0.158 e. The second kappa shape index (κ2) is 13.9. The maximum atomic E-state index is 7.24. The molecule has 3 heterocycles. The zero-order valence-electron chi connectivity index (χ0n) is 31.4. The molecule has 13 heteroatoms. The Morgan fingerprint density at radius 3 is 2.19 bits per heavy atom. The Morgan fingerprint density at radius 1 is 0.741 bits per heavy atom. The summed E-state index contributed by atoms with van der Waals surface area (Å²) in [5.41, 5.74) is 16.0. The van der Waals surface area contributed by atoms with E-state index in [2.05, 4.69) is 52.0 Å². The molecular weight excluding hydrogens is 702 g/mol. The van der Waals surface area contributed by atoms with Gasteiger partial charge in [0.05, 0.1) is 16.7 Å². The van der Waals surface area contributed by atoms with Gasteiger partial charge in [-0.15, -0.1) is 16.4 Å². The number of hydrogen-bond acceptors (Lipinski definition) is 3. The van der Waals surface area contributed by atoms with Gasteiger partial charge in [0, 0.05) is 45.1 Å². The van der Waals surface area contributed by atoms with Gasteiger partial charge in [0.1, 0.15) is 79.3 Å². The number of para-hydroxylation sites is 1. The van der Waals surface area contributed by atoms with Crippen LogP contribution in [-0.4, -0.2) is 77.3 Å². The number of fused-ring (bicyclic) bond motifs is 10. The normalized spacial score (nSPS) is 20.0. The molecule has 2 aliphatic carbocycles. The van der Waals surface area contributed by atoms with Crippen LogP contribution in [0.2, 0.25) is 0 Å². The van der Waals surface area contributed by atoms with Gasteiger partial charge < -0.3 is 19.9 Å². The minimum atomic E-state index is -0.777. The number of nitrogens with two attached hydrogens (primary N) is 1. The predicted octanol–water partition coefficient (Wildman–Crippen LogP) is 3.01. The van der Waals surface area contributed by atoms with Crippen molar-refractivity contribution in [3.05, 3.63) is 165 Å². The van der Waals surface area contributed by atoms with Crippen molar-refractivity contribution in [1.29, 1.82) is 0 Å². The number of ether oxygens (including phenoxy) is 1. The third kappa shape index (κ3) is 5.35. The van der Waals surface area contributed by atoms with Crippen LogP contribution >= 0.6 is 0 Å². The van der Waals surface area contributed by atoms with E-state index in [0.717, 1.165) is 56.3 Å². The highest BCUT2D eigenvalue weighted by Gasteiger charge is 2.46. The second-order valence-electron chi connectivity index (χ2n) is 14.9. The fourth-order valence-electron chi connectivity index (χ4n) is 9.03. The lowest BCUT2D eigenvalue weighted by Gasteiger charge is -2.38. The van der Waals surface area contributed by atoms with Crippen LogP contribution in [-0.2, 0) is 6.67 Å². The first kappa shape index (κ1) is 36.4. The van der Waals surface area contributed by atoms with Crippen molar-refractivity contribution < 1.29 is 4.74 Å². The van der Waals surface area contributed by atoms with Gasteiger partial charge in [-0.1, -0.05) is 125 Å². The van der Waals surface area contributed by atoms with Crippen molar-refractivity contribution in [2.45, 2.75) is 31.0 Å². The number of anilines is 1. The fourth-order valence-corrected chi connectivity index (χ4v) is 9.03. The van der Waals surface area contributed by atoms with Crippen molar-refractivity contribution in [2.75, 3.05) is 4.90 Å². The number of rotatable bonds is 5. The maximum absolute atomic E-state index is 7.24. The summed E-state index contributed by atoms with van der Waals surface area (Å²) in [6.07, 6.45) is 6.34. The predicted molar refractivity (Wildman–Crippen MR) is 243 cm³/mol. The molecule has 0 amide bonds. The van der Waals surface area contributed by atoms with E-state index in [1.807, 2.05) is 72.8 Å². The van der Waals surface area contributed by atoms with E-state index < -0.39 is 12.0 Å². The molecule has 58 heavy (non-hydrogen) atoms. The van der Waals surface area contributed by atoms with E-state index in [1.165, 1.54) is 0 Å². The SMILES string of the molecule is [B]C1=C([B])C2c3c([B])c([B])c([B])c([B])c3OC2C([B])=C1N1C2=CC=CCC2c2ccc3c4ccccc4n(CN=C(N=C(N)c4ccccc4)c4ccccc4)c3c21. The average Bonchev–Trinajstić information content (AvgIpc) is 3.92. The largest absolute Gasteiger partial charge is 0.486 e. The van der Waals surface area contributed by atoms with Gasteiger partial charge in [0.2, 0.25) is 0 Å². The molecule has 3 atom stereocenters. The molecule has 6 nitrogen and oxygen atoms in total. The van der Waals surface area contributed by atoms with Gasteiger partial charge >= 0.3 is 0 Å². The Morgan fingerprint density at radius 2 is 1.43 bits per heavy atom. The van der Waals surface area contributed by atoms with Gasteiger partial charge in [0.15, 0.2) is 5.84 Å². The molecule has 0 fully saturated rings. The molecule has 0 spiro atoms. The molecule has 14 radical (unpaired) electrons. The van der Waals surface area contributed by atoms with Gasteiger partial charge in [-0.3, -0.25) is 0 Å². The van der Waals surface area contributed by atoms with Crippen molar-refractivity contribution in [2.24, 2.45) is 15.7 Å². The highest BCUT2D eigenvalue weighted by molar-refractivity contribution is 6.63. The van der Waals surface area contributed by atoms with Gasteiger partial charge in [-0.05, 0) is 29.7 Å². The van der Waals surface area contributed by atoms with Crippen LogP contribution in [0.4, 0.5) is 5.69 Å². The number of benzene rings is 5. The summed E-state index contributed by atoms with van der Waals surface area (Å²) in [6, 6.07) is 32.2. The first-order chi connectivity index (χ1) is 28.2. The molecule has 5 aromatic carbocycles. The van der Waals surface area contributed by atoms with E-state index in [9.17, 15) is 0 Å². The highest BCUT2D eigenvalue weighted by atomic mass is 16.5. The van der Waals surface area contributed by atoms with Gasteiger partial charge in [0.25, 0.3) is 0 Å². The molecule has 0 bridgehead atoms. The summed E-state index contributed by atoms with van der Waals surface area (Å²) in [5.74, 6) is 0.557. The average molecular weight is 730 g/mol. The van der Waals surface area contributed by atoms with Crippen LogP contribution in [0.1, 0.15) is 40.5 Å². The van der Waals surface area contributed by atoms with Crippen molar-refractivity contribution in [3.8, 4) is 5.75 Å². The lowest BCUT2D eigenvalue weighted by Crippen LogP contribution is -2.49. The maximum Gasteiger partial charge on any atom is 0.158 e. The molecule has 260 valence electrons. The van der Waals surface area contributed by atoms with Crippen LogP contribution in [0.5, 0.6) is 5.75 Å². The van der Waals surface area contributed by atoms with E-state index in [0.29, 0.717) is 45.1 Å². The van der Waals surface area contributed by atoms with Crippen molar-refractivity contribution in [1.82, 2.24) is 4.57 Å². The summed E-state index contributed by atoms with van der Waals surface area (Å²) < 4.78 is 8.76.